The van der Waals surface area contributed by atoms with Gasteiger partial charge in [0.05, 0.1) is 6.04 Å². The molecule has 34 heavy (non-hydrogen) atoms. The maximum absolute atomic E-state index is 13.0. The summed E-state index contributed by atoms with van der Waals surface area (Å²) in [4.78, 5) is 29.7. The fourth-order valence-corrected chi connectivity index (χ4v) is 3.51. The van der Waals surface area contributed by atoms with E-state index < -0.39 is 12.1 Å². The lowest BCUT2D eigenvalue weighted by molar-refractivity contribution is -0.127. The molecule has 0 saturated heterocycles. The lowest BCUT2D eigenvalue weighted by atomic mass is 10.0. The van der Waals surface area contributed by atoms with Gasteiger partial charge >= 0.3 is 0 Å². The molecule has 8 heteroatoms. The van der Waals surface area contributed by atoms with Crippen LogP contribution in [0.3, 0.4) is 0 Å². The second-order valence-electron chi connectivity index (χ2n) is 7.86. The van der Waals surface area contributed by atoms with Crippen LogP contribution in [0, 0.1) is 0 Å². The van der Waals surface area contributed by atoms with Crippen molar-refractivity contribution < 1.29 is 9.59 Å². The first-order chi connectivity index (χ1) is 15.9. The maximum Gasteiger partial charge on any atom is 0.246 e. The number of nitrogens with one attached hydrogen (secondary N) is 2. The summed E-state index contributed by atoms with van der Waals surface area (Å²) in [6, 6.07) is 21.5. The van der Waals surface area contributed by atoms with Crippen LogP contribution in [0.1, 0.15) is 25.8 Å². The van der Waals surface area contributed by atoms with Gasteiger partial charge in [0.1, 0.15) is 6.04 Å². The summed E-state index contributed by atoms with van der Waals surface area (Å²) in [5.41, 5.74) is 18.5. The normalized spacial score (nSPS) is 12.1. The van der Waals surface area contributed by atoms with Gasteiger partial charge in [-0.25, -0.2) is 0 Å². The van der Waals surface area contributed by atoms with Gasteiger partial charge < -0.3 is 27.8 Å². The number of nitrogens with two attached hydrogens (primary N) is 3. The van der Waals surface area contributed by atoms with Crippen molar-refractivity contribution in [1.29, 1.82) is 0 Å². The van der Waals surface area contributed by atoms with E-state index in [1.807, 2.05) is 72.8 Å². The number of carbonyl (C=O) groups is 2. The van der Waals surface area contributed by atoms with Crippen LogP contribution >= 0.6 is 0 Å². The molecule has 0 aromatic heterocycles. The lowest BCUT2D eigenvalue weighted by Crippen LogP contribution is -2.50. The fraction of sp³-hybridized carbons (Fsp3) is 0.269. The van der Waals surface area contributed by atoms with Gasteiger partial charge in [-0.3, -0.25) is 14.6 Å². The van der Waals surface area contributed by atoms with Crippen LogP contribution in [0.2, 0.25) is 0 Å². The molecule has 0 fully saturated rings. The van der Waals surface area contributed by atoms with E-state index in [9.17, 15) is 9.59 Å². The van der Waals surface area contributed by atoms with Crippen molar-refractivity contribution in [3.63, 3.8) is 0 Å². The average Bonchev–Trinajstić information content (AvgIpc) is 2.81. The number of guanidine groups is 1. The predicted octanol–water partition coefficient (Wildman–Crippen LogP) is 2.52. The van der Waals surface area contributed by atoms with Crippen LogP contribution in [0.15, 0.2) is 77.8 Å². The van der Waals surface area contributed by atoms with Crippen molar-refractivity contribution in [1.82, 2.24) is 5.32 Å². The van der Waals surface area contributed by atoms with Gasteiger partial charge in [0.25, 0.3) is 0 Å². The SMILES string of the molecule is C.NC(N)=NCCC[C@H](NC(=O)[C@@H](N)Cc1ccccc1)C(=O)Nc1ccc2ccccc2c1. The van der Waals surface area contributed by atoms with Gasteiger partial charge in [-0.1, -0.05) is 68.1 Å². The van der Waals surface area contributed by atoms with Gasteiger partial charge in [-0.15, -0.1) is 0 Å². The number of rotatable bonds is 10. The van der Waals surface area contributed by atoms with Crippen molar-refractivity contribution in [2.75, 3.05) is 11.9 Å². The minimum atomic E-state index is -0.778. The van der Waals surface area contributed by atoms with Gasteiger partial charge in [-0.05, 0) is 47.7 Å². The second kappa shape index (κ2) is 13.0. The quantitative estimate of drug-likeness (QED) is 0.178. The molecule has 3 aromatic carbocycles. The Hall–Kier alpha value is -3.91. The third kappa shape index (κ3) is 7.90. The van der Waals surface area contributed by atoms with E-state index in [1.54, 1.807) is 0 Å². The number of aliphatic imine (C=N–C) groups is 1. The van der Waals surface area contributed by atoms with Crippen LogP contribution in [-0.4, -0.2) is 36.4 Å². The Balaban J connectivity index is 0.00000408. The average molecular weight is 463 g/mol. The molecule has 0 saturated carbocycles. The molecule has 2 atom stereocenters. The maximum atomic E-state index is 13.0. The third-order valence-electron chi connectivity index (χ3n) is 5.23. The zero-order valence-corrected chi connectivity index (χ0v) is 18.4. The Kier molecular flexibility index (Phi) is 10.0. The Bertz CT molecular complexity index is 1110. The molecule has 3 rings (SSSR count). The molecule has 8 nitrogen and oxygen atoms in total. The predicted molar refractivity (Wildman–Crippen MR) is 139 cm³/mol. The molecule has 0 bridgehead atoms. The third-order valence-corrected chi connectivity index (χ3v) is 5.23. The molecular weight excluding hydrogens is 428 g/mol. The minimum absolute atomic E-state index is 0. The summed E-state index contributed by atoms with van der Waals surface area (Å²) in [7, 11) is 0. The largest absolute Gasteiger partial charge is 0.370 e. The highest BCUT2D eigenvalue weighted by molar-refractivity contribution is 5.99. The summed E-state index contributed by atoms with van der Waals surface area (Å²) >= 11 is 0. The zero-order valence-electron chi connectivity index (χ0n) is 18.4. The summed E-state index contributed by atoms with van der Waals surface area (Å²) in [5.74, 6) is -0.726. The first kappa shape index (κ1) is 26.3. The number of hydrogen-bond acceptors (Lipinski definition) is 4. The van der Waals surface area contributed by atoms with Crippen LogP contribution in [-0.2, 0) is 16.0 Å². The van der Waals surface area contributed by atoms with Crippen LogP contribution in [0.25, 0.3) is 10.8 Å². The Labute approximate surface area is 200 Å². The van der Waals surface area contributed by atoms with Crippen molar-refractivity contribution in [2.45, 2.75) is 38.8 Å². The number of carbonyl (C=O) groups excluding carboxylic acids is 2. The number of nitrogens with zero attached hydrogens (tertiary/aromatic N) is 1. The molecular formula is C26H34N6O2. The van der Waals surface area contributed by atoms with Crippen molar-refractivity contribution in [2.24, 2.45) is 22.2 Å². The number of anilines is 1. The zero-order chi connectivity index (χ0) is 23.6. The second-order valence-corrected chi connectivity index (χ2v) is 7.86. The summed E-state index contributed by atoms with van der Waals surface area (Å²) < 4.78 is 0. The lowest BCUT2D eigenvalue weighted by Gasteiger charge is -2.21. The van der Waals surface area contributed by atoms with Gasteiger partial charge in [0.15, 0.2) is 5.96 Å². The topological polar surface area (TPSA) is 149 Å². The molecule has 2 amide bonds. The Morgan fingerprint density at radius 3 is 2.26 bits per heavy atom. The van der Waals surface area contributed by atoms with E-state index in [1.165, 1.54) is 0 Å². The van der Waals surface area contributed by atoms with E-state index in [-0.39, 0.29) is 25.2 Å². The van der Waals surface area contributed by atoms with Crippen molar-refractivity contribution in [3.8, 4) is 0 Å². The molecule has 0 aliphatic rings. The van der Waals surface area contributed by atoms with Crippen molar-refractivity contribution >= 4 is 34.2 Å². The summed E-state index contributed by atoms with van der Waals surface area (Å²) in [6.07, 6.45) is 1.25. The highest BCUT2D eigenvalue weighted by atomic mass is 16.2. The molecule has 0 spiro atoms. The first-order valence-corrected chi connectivity index (χ1v) is 10.9. The van der Waals surface area contributed by atoms with E-state index in [0.717, 1.165) is 16.3 Å². The summed E-state index contributed by atoms with van der Waals surface area (Å²) in [6.45, 7) is 0.355. The van der Waals surface area contributed by atoms with E-state index in [0.29, 0.717) is 31.5 Å². The molecule has 0 heterocycles. The van der Waals surface area contributed by atoms with Gasteiger partial charge in [-0.2, -0.15) is 0 Å². The highest BCUT2D eigenvalue weighted by Crippen LogP contribution is 2.19. The van der Waals surface area contributed by atoms with Gasteiger partial charge in [0.2, 0.25) is 11.8 Å². The number of amides is 2. The molecule has 0 aliphatic heterocycles. The highest BCUT2D eigenvalue weighted by Gasteiger charge is 2.24. The molecule has 180 valence electrons. The van der Waals surface area contributed by atoms with Crippen LogP contribution < -0.4 is 27.8 Å². The first-order valence-electron chi connectivity index (χ1n) is 10.9. The monoisotopic (exact) mass is 462 g/mol. The smallest absolute Gasteiger partial charge is 0.246 e. The standard InChI is InChI=1S/C25H30N6O2.CH4/c26-21(15-17-7-2-1-3-8-17)23(32)31-22(11-6-14-29-25(27)28)24(33)30-20-13-12-18-9-4-5-10-19(18)16-20;/h1-5,7-10,12-13,16,21-22H,6,11,14-15,26H2,(H,30,33)(H,31,32)(H4,27,28,29);1H4/t21-,22-;/m0./s1. The van der Waals surface area contributed by atoms with Crippen molar-refractivity contribution in [3.05, 3.63) is 78.4 Å². The van der Waals surface area contributed by atoms with Crippen LogP contribution in [0.4, 0.5) is 5.69 Å². The fourth-order valence-electron chi connectivity index (χ4n) is 3.51. The van der Waals surface area contributed by atoms with E-state index in [2.05, 4.69) is 15.6 Å². The number of hydrogen-bond donors (Lipinski definition) is 5. The molecule has 0 aliphatic carbocycles. The van der Waals surface area contributed by atoms with E-state index in [4.69, 9.17) is 17.2 Å². The minimum Gasteiger partial charge on any atom is -0.370 e. The molecule has 8 N–H and O–H groups in total. The Morgan fingerprint density at radius 2 is 1.56 bits per heavy atom. The van der Waals surface area contributed by atoms with Crippen LogP contribution in [0.5, 0.6) is 0 Å². The Morgan fingerprint density at radius 1 is 0.882 bits per heavy atom. The number of benzene rings is 3. The summed E-state index contributed by atoms with van der Waals surface area (Å²) in [5, 5.41) is 7.78. The molecule has 3 aromatic rings. The molecule has 0 radical (unpaired) electrons. The number of fused-ring (bicyclic) bond motifs is 1. The molecule has 0 unspecified atom stereocenters. The van der Waals surface area contributed by atoms with E-state index >= 15 is 0 Å². The van der Waals surface area contributed by atoms with Gasteiger partial charge in [0, 0.05) is 12.2 Å².